The smallest absolute Gasteiger partial charge is 0.223 e. The summed E-state index contributed by atoms with van der Waals surface area (Å²) in [6.07, 6.45) is 1.77. The highest BCUT2D eigenvalue weighted by Gasteiger charge is 2.10. The Hall–Kier alpha value is -1.34. The zero-order valence-electron chi connectivity index (χ0n) is 11.0. The molecule has 1 aromatic rings. The molecule has 0 aliphatic heterocycles. The van der Waals surface area contributed by atoms with Crippen molar-refractivity contribution < 1.29 is 14.6 Å². The number of benzene rings is 1. The fourth-order valence-electron chi connectivity index (χ4n) is 1.41. The first kappa shape index (κ1) is 15.7. The van der Waals surface area contributed by atoms with Crippen LogP contribution in [0.5, 0.6) is 11.5 Å². The minimum atomic E-state index is 0.540. The van der Waals surface area contributed by atoms with E-state index >= 15 is 0 Å². The van der Waals surface area contributed by atoms with Crippen molar-refractivity contribution in [3.8, 4) is 11.5 Å². The summed E-state index contributed by atoms with van der Waals surface area (Å²) >= 11 is 8.46. The molecule has 0 spiro atoms. The van der Waals surface area contributed by atoms with Gasteiger partial charge in [-0.15, -0.1) is 10.5 Å². The number of hydrogen-bond donors (Lipinski definition) is 3. The normalized spacial score (nSPS) is 10.3. The van der Waals surface area contributed by atoms with E-state index in [4.69, 9.17) is 21.7 Å². The van der Waals surface area contributed by atoms with E-state index in [2.05, 4.69) is 31.8 Å². The Bertz CT molecular complexity index is 480. The molecule has 0 saturated heterocycles. The van der Waals surface area contributed by atoms with Gasteiger partial charge in [0.2, 0.25) is 5.11 Å². The highest BCUT2D eigenvalue weighted by Crippen LogP contribution is 2.35. The number of ether oxygens (including phenoxy) is 2. The molecule has 0 saturated carbocycles. The first-order valence-electron chi connectivity index (χ1n) is 5.66. The van der Waals surface area contributed by atoms with Crippen LogP contribution in [0.25, 0.3) is 0 Å². The molecule has 5 nitrogen and oxygen atoms in total. The molecule has 0 amide bonds. The van der Waals surface area contributed by atoms with E-state index in [1.54, 1.807) is 20.4 Å². The van der Waals surface area contributed by atoms with E-state index in [0.29, 0.717) is 16.6 Å². The Morgan fingerprint density at radius 3 is 2.74 bits per heavy atom. The summed E-state index contributed by atoms with van der Waals surface area (Å²) in [5.74, 6) is 1.31. The Balaban J connectivity index is 2.82. The van der Waals surface area contributed by atoms with Gasteiger partial charge in [-0.2, -0.15) is 0 Å². The van der Waals surface area contributed by atoms with Gasteiger partial charge in [-0.25, -0.2) is 0 Å². The SMILES string of the molecule is CCNC(=S)N[NH+]=Cc1cc(Br)c(OC)c(OC)c1. The van der Waals surface area contributed by atoms with Gasteiger partial charge in [0.25, 0.3) is 0 Å². The quantitative estimate of drug-likeness (QED) is 0.408. The summed E-state index contributed by atoms with van der Waals surface area (Å²) in [6, 6.07) is 3.76. The van der Waals surface area contributed by atoms with Crippen molar-refractivity contribution in [1.29, 1.82) is 0 Å². The number of hydrazine groups is 1. The molecule has 0 bridgehead atoms. The van der Waals surface area contributed by atoms with Crippen LogP contribution in [-0.4, -0.2) is 32.1 Å². The van der Waals surface area contributed by atoms with E-state index < -0.39 is 0 Å². The van der Waals surface area contributed by atoms with Crippen molar-refractivity contribution in [2.75, 3.05) is 20.8 Å². The summed E-state index contributed by atoms with van der Waals surface area (Å²) in [5.41, 5.74) is 3.76. The van der Waals surface area contributed by atoms with Crippen LogP contribution < -0.4 is 25.3 Å². The summed E-state index contributed by atoms with van der Waals surface area (Å²) in [7, 11) is 3.20. The average Bonchev–Trinajstić information content (AvgIpc) is 2.38. The maximum Gasteiger partial charge on any atom is 0.223 e. The van der Waals surface area contributed by atoms with Crippen LogP contribution >= 0.6 is 28.1 Å². The molecule has 0 radical (unpaired) electrons. The van der Waals surface area contributed by atoms with Crippen LogP contribution in [0.2, 0.25) is 0 Å². The second-order valence-corrected chi connectivity index (χ2v) is 4.77. The second-order valence-electron chi connectivity index (χ2n) is 3.51. The van der Waals surface area contributed by atoms with Gasteiger partial charge in [0.05, 0.1) is 18.7 Å². The van der Waals surface area contributed by atoms with E-state index in [9.17, 15) is 0 Å². The molecule has 0 aliphatic carbocycles. The lowest BCUT2D eigenvalue weighted by molar-refractivity contribution is -0.500. The molecule has 19 heavy (non-hydrogen) atoms. The summed E-state index contributed by atoms with van der Waals surface area (Å²) in [6.45, 7) is 2.75. The highest BCUT2D eigenvalue weighted by atomic mass is 79.9. The molecule has 0 aliphatic rings. The van der Waals surface area contributed by atoms with Crippen LogP contribution in [0.15, 0.2) is 16.6 Å². The largest absolute Gasteiger partial charge is 0.493 e. The summed E-state index contributed by atoms with van der Waals surface area (Å²) < 4.78 is 11.3. The monoisotopic (exact) mass is 346 g/mol. The predicted molar refractivity (Wildman–Crippen MR) is 82.8 cm³/mol. The Morgan fingerprint density at radius 1 is 1.42 bits per heavy atom. The molecule has 7 heteroatoms. The van der Waals surface area contributed by atoms with Crippen LogP contribution in [0.1, 0.15) is 12.5 Å². The second kappa shape index (κ2) is 7.96. The van der Waals surface area contributed by atoms with Gasteiger partial charge < -0.3 is 14.8 Å². The molecule has 3 N–H and O–H groups in total. The van der Waals surface area contributed by atoms with E-state index in [1.807, 2.05) is 19.1 Å². The molecule has 0 atom stereocenters. The van der Waals surface area contributed by atoms with Crippen LogP contribution in [0.4, 0.5) is 0 Å². The molecule has 0 aromatic heterocycles. The minimum Gasteiger partial charge on any atom is -0.493 e. The van der Waals surface area contributed by atoms with E-state index in [-0.39, 0.29) is 0 Å². The fraction of sp³-hybridized carbons (Fsp3) is 0.333. The number of rotatable bonds is 5. The maximum atomic E-state index is 5.26. The first-order valence-corrected chi connectivity index (χ1v) is 6.86. The molecule has 0 unspecified atom stereocenters. The van der Waals surface area contributed by atoms with Crippen molar-refractivity contribution in [3.05, 3.63) is 22.2 Å². The van der Waals surface area contributed by atoms with Crippen LogP contribution in [-0.2, 0) is 0 Å². The van der Waals surface area contributed by atoms with Gasteiger partial charge >= 0.3 is 0 Å². The number of methoxy groups -OCH3 is 2. The Morgan fingerprint density at radius 2 is 2.16 bits per heavy atom. The number of thiocarbonyl (C=S) groups is 1. The zero-order valence-corrected chi connectivity index (χ0v) is 13.4. The minimum absolute atomic E-state index is 0.540. The van der Waals surface area contributed by atoms with Crippen molar-refractivity contribution in [2.24, 2.45) is 0 Å². The molecule has 104 valence electrons. The van der Waals surface area contributed by atoms with Gasteiger partial charge in [-0.3, -0.25) is 0 Å². The molecule has 1 rings (SSSR count). The summed E-state index contributed by atoms with van der Waals surface area (Å²) in [5, 5.41) is 6.41. The molecule has 0 heterocycles. The first-order chi connectivity index (χ1) is 9.12. The van der Waals surface area contributed by atoms with Gasteiger partial charge in [0, 0.05) is 12.1 Å². The average molecular weight is 347 g/mol. The number of nitrogens with one attached hydrogen (secondary N) is 3. The van der Waals surface area contributed by atoms with Crippen molar-refractivity contribution in [2.45, 2.75) is 6.92 Å². The number of hydrogen-bond acceptors (Lipinski definition) is 3. The van der Waals surface area contributed by atoms with Crippen LogP contribution in [0, 0.1) is 0 Å². The lowest BCUT2D eigenvalue weighted by atomic mass is 10.2. The third kappa shape index (κ3) is 4.68. The molecular formula is C12H17BrN3O2S+. The third-order valence-electron chi connectivity index (χ3n) is 2.22. The number of hydrazone groups is 1. The molecule has 0 fully saturated rings. The van der Waals surface area contributed by atoms with Crippen molar-refractivity contribution in [3.63, 3.8) is 0 Å². The number of halogens is 1. The maximum absolute atomic E-state index is 5.26. The lowest BCUT2D eigenvalue weighted by Crippen LogP contribution is -2.82. The van der Waals surface area contributed by atoms with Gasteiger partial charge in [-0.1, -0.05) is 0 Å². The standard InChI is InChI=1S/C12H16BrN3O2S/c1-4-14-12(19)16-15-7-8-5-9(13)11(18-3)10(6-8)17-2/h5-7H,4H2,1-3H3,(H2,14,16,19)/p+1. The lowest BCUT2D eigenvalue weighted by Gasteiger charge is -2.09. The predicted octanol–water partition coefficient (Wildman–Crippen LogP) is 0.365. The zero-order chi connectivity index (χ0) is 14.3. The molecular weight excluding hydrogens is 330 g/mol. The topological polar surface area (TPSA) is 56.5 Å². The van der Waals surface area contributed by atoms with E-state index in [1.165, 1.54) is 0 Å². The fourth-order valence-corrected chi connectivity index (χ4v) is 2.24. The van der Waals surface area contributed by atoms with Gasteiger partial charge in [0.15, 0.2) is 17.7 Å². The third-order valence-corrected chi connectivity index (χ3v) is 3.05. The van der Waals surface area contributed by atoms with Gasteiger partial charge in [-0.05, 0) is 47.2 Å². The van der Waals surface area contributed by atoms with Crippen molar-refractivity contribution >= 4 is 39.5 Å². The van der Waals surface area contributed by atoms with Crippen LogP contribution in [0.3, 0.4) is 0 Å². The highest BCUT2D eigenvalue weighted by molar-refractivity contribution is 9.10. The van der Waals surface area contributed by atoms with Crippen molar-refractivity contribution in [1.82, 2.24) is 10.7 Å². The Kier molecular flexibility index (Phi) is 6.58. The van der Waals surface area contributed by atoms with Gasteiger partial charge in [0.1, 0.15) is 0 Å². The Labute approximate surface area is 126 Å². The van der Waals surface area contributed by atoms with E-state index in [0.717, 1.165) is 16.6 Å². The summed E-state index contributed by atoms with van der Waals surface area (Å²) in [4.78, 5) is 0. The molecule has 1 aromatic carbocycles.